The van der Waals surface area contributed by atoms with E-state index >= 15 is 4.39 Å². The minimum atomic E-state index is -1.04. The minimum absolute atomic E-state index is 0.0470. The Morgan fingerprint density at radius 3 is 2.45 bits per heavy atom. The van der Waals surface area contributed by atoms with Crippen molar-refractivity contribution in [3.63, 3.8) is 0 Å². The number of nitrogens with one attached hydrogen (secondary N) is 1. The number of hydrogen-bond donors (Lipinski definition) is 2. The summed E-state index contributed by atoms with van der Waals surface area (Å²) in [6.07, 6.45) is 2.31. The highest BCUT2D eigenvalue weighted by Crippen LogP contribution is 2.31. The number of primary amides is 1. The van der Waals surface area contributed by atoms with E-state index in [0.717, 1.165) is 23.6 Å². The van der Waals surface area contributed by atoms with Crippen LogP contribution in [0.5, 0.6) is 0 Å². The number of carbonyl (C=O) groups excluding carboxylic acids is 5. The quantitative estimate of drug-likeness (QED) is 0.374. The summed E-state index contributed by atoms with van der Waals surface area (Å²) in [5.41, 5.74) is 8.82. The van der Waals surface area contributed by atoms with Crippen LogP contribution in [0.15, 0.2) is 54.7 Å². The lowest BCUT2D eigenvalue weighted by Crippen LogP contribution is -2.54. The van der Waals surface area contributed by atoms with Gasteiger partial charge in [0.15, 0.2) is 5.69 Å². The molecular formula is C32H31FN6O5. The van der Waals surface area contributed by atoms with Crippen molar-refractivity contribution >= 4 is 35.2 Å². The number of aryl methyl sites for hydroxylation is 2. The summed E-state index contributed by atoms with van der Waals surface area (Å²) in [4.78, 5) is 71.5. The molecule has 3 aromatic rings. The fourth-order valence-electron chi connectivity index (χ4n) is 6.20. The second kappa shape index (κ2) is 12.0. The number of benzene rings is 2. The number of rotatable bonds is 8. The molecule has 3 aliphatic heterocycles. The van der Waals surface area contributed by atoms with Gasteiger partial charge in [0.05, 0.1) is 16.8 Å². The predicted molar refractivity (Wildman–Crippen MR) is 157 cm³/mol. The van der Waals surface area contributed by atoms with Gasteiger partial charge in [-0.1, -0.05) is 24.3 Å². The number of nitrogens with zero attached hydrogens (tertiary/aromatic N) is 4. The molecule has 6 rings (SSSR count). The monoisotopic (exact) mass is 598 g/mol. The molecule has 3 aliphatic rings. The number of piperazine rings is 1. The maximum Gasteiger partial charge on any atom is 0.269 e. The lowest BCUT2D eigenvalue weighted by molar-refractivity contribution is -0.136. The Kier molecular flexibility index (Phi) is 7.92. The summed E-state index contributed by atoms with van der Waals surface area (Å²) in [5.74, 6) is -3.13. The van der Waals surface area contributed by atoms with Gasteiger partial charge >= 0.3 is 0 Å². The molecule has 11 nitrogen and oxygen atoms in total. The molecular weight excluding hydrogens is 567 g/mol. The number of aromatic nitrogens is 1. The zero-order valence-corrected chi connectivity index (χ0v) is 23.9. The van der Waals surface area contributed by atoms with E-state index in [2.05, 4.69) is 20.1 Å². The fraction of sp³-hybridized carbons (Fsp3) is 0.312. The first-order valence-corrected chi connectivity index (χ1v) is 14.5. The first-order valence-electron chi connectivity index (χ1n) is 14.5. The summed E-state index contributed by atoms with van der Waals surface area (Å²) in [7, 11) is 0. The van der Waals surface area contributed by atoms with Crippen LogP contribution in [0.1, 0.15) is 60.7 Å². The number of imide groups is 2. The van der Waals surface area contributed by atoms with Gasteiger partial charge in [-0.25, -0.2) is 9.37 Å². The van der Waals surface area contributed by atoms with E-state index in [-0.39, 0.29) is 35.5 Å². The second-order valence-corrected chi connectivity index (χ2v) is 11.2. The minimum Gasteiger partial charge on any atom is -0.367 e. The molecule has 0 saturated carbocycles. The smallest absolute Gasteiger partial charge is 0.269 e. The van der Waals surface area contributed by atoms with Crippen molar-refractivity contribution in [1.82, 2.24) is 20.1 Å². The van der Waals surface area contributed by atoms with E-state index in [4.69, 9.17) is 5.73 Å². The van der Waals surface area contributed by atoms with Gasteiger partial charge in [-0.3, -0.25) is 39.1 Å². The van der Waals surface area contributed by atoms with Crippen molar-refractivity contribution in [2.24, 2.45) is 5.73 Å². The topological polar surface area (TPSA) is 146 Å². The summed E-state index contributed by atoms with van der Waals surface area (Å²) in [6.45, 7) is 3.36. The molecule has 5 amide bonds. The maximum atomic E-state index is 15.2. The molecule has 4 heterocycles. The second-order valence-electron chi connectivity index (χ2n) is 11.2. The average Bonchev–Trinajstić information content (AvgIpc) is 3.27. The molecule has 2 aromatic carbocycles. The Balaban J connectivity index is 1.08. The molecule has 44 heavy (non-hydrogen) atoms. The van der Waals surface area contributed by atoms with Crippen LogP contribution in [-0.4, -0.2) is 76.5 Å². The predicted octanol–water partition coefficient (Wildman–Crippen LogP) is 1.83. The highest BCUT2D eigenvalue weighted by Gasteiger charge is 2.45. The number of halogens is 1. The summed E-state index contributed by atoms with van der Waals surface area (Å²) in [6, 6.07) is 12.7. The SMILES string of the molecule is NC(=O)c1ncccc1N1CCN(Cc2ccc(CCc3cccc4c3C(=O)N(C3CCC(=O)NC3=O)C4=O)c(F)c2)CC1. The van der Waals surface area contributed by atoms with Crippen molar-refractivity contribution in [2.75, 3.05) is 31.1 Å². The molecule has 0 spiro atoms. The van der Waals surface area contributed by atoms with Crippen molar-refractivity contribution in [3.05, 3.63) is 94.1 Å². The van der Waals surface area contributed by atoms with Crippen LogP contribution < -0.4 is 16.0 Å². The fourth-order valence-corrected chi connectivity index (χ4v) is 6.20. The Hall–Kier alpha value is -4.97. The van der Waals surface area contributed by atoms with Gasteiger partial charge in [0, 0.05) is 45.3 Å². The van der Waals surface area contributed by atoms with Gasteiger partial charge in [-0.15, -0.1) is 0 Å². The van der Waals surface area contributed by atoms with Crippen LogP contribution in [0.25, 0.3) is 0 Å². The zero-order chi connectivity index (χ0) is 31.0. The Morgan fingerprint density at radius 2 is 1.73 bits per heavy atom. The third kappa shape index (κ3) is 5.55. The average molecular weight is 599 g/mol. The number of carbonyl (C=O) groups is 5. The Bertz CT molecular complexity index is 1690. The van der Waals surface area contributed by atoms with Crippen LogP contribution in [0.2, 0.25) is 0 Å². The lowest BCUT2D eigenvalue weighted by atomic mass is 9.96. The van der Waals surface area contributed by atoms with Gasteiger partial charge < -0.3 is 10.6 Å². The number of nitrogens with two attached hydrogens (primary N) is 1. The summed E-state index contributed by atoms with van der Waals surface area (Å²) < 4.78 is 15.2. The van der Waals surface area contributed by atoms with Crippen LogP contribution in [0.4, 0.5) is 10.1 Å². The van der Waals surface area contributed by atoms with E-state index in [1.165, 1.54) is 6.07 Å². The number of pyridine rings is 1. The molecule has 1 unspecified atom stereocenters. The van der Waals surface area contributed by atoms with Gasteiger partial charge in [0.25, 0.3) is 17.7 Å². The number of fused-ring (bicyclic) bond motifs is 1. The van der Waals surface area contributed by atoms with Crippen molar-refractivity contribution in [3.8, 4) is 0 Å². The Morgan fingerprint density at radius 1 is 0.955 bits per heavy atom. The van der Waals surface area contributed by atoms with E-state index in [0.29, 0.717) is 49.3 Å². The van der Waals surface area contributed by atoms with E-state index < -0.39 is 35.6 Å². The van der Waals surface area contributed by atoms with Crippen LogP contribution in [0.3, 0.4) is 0 Å². The molecule has 0 aliphatic carbocycles. The van der Waals surface area contributed by atoms with E-state index in [1.54, 1.807) is 36.5 Å². The molecule has 2 saturated heterocycles. The first-order chi connectivity index (χ1) is 21.2. The third-order valence-electron chi connectivity index (χ3n) is 8.47. The molecule has 1 atom stereocenters. The van der Waals surface area contributed by atoms with E-state index in [1.807, 2.05) is 12.1 Å². The van der Waals surface area contributed by atoms with Gasteiger partial charge in [-0.2, -0.15) is 0 Å². The van der Waals surface area contributed by atoms with Gasteiger partial charge in [0.1, 0.15) is 11.9 Å². The van der Waals surface area contributed by atoms with Crippen LogP contribution in [-0.2, 0) is 29.0 Å². The van der Waals surface area contributed by atoms with Gasteiger partial charge in [0.2, 0.25) is 11.8 Å². The van der Waals surface area contributed by atoms with Crippen molar-refractivity contribution in [1.29, 1.82) is 0 Å². The molecule has 0 bridgehead atoms. The van der Waals surface area contributed by atoms with Crippen molar-refractivity contribution < 1.29 is 28.4 Å². The van der Waals surface area contributed by atoms with Gasteiger partial charge in [-0.05, 0) is 60.2 Å². The summed E-state index contributed by atoms with van der Waals surface area (Å²) in [5, 5.41) is 2.20. The standard InChI is InChI=1S/C32H31FN6O5/c33-23-17-19(18-37-13-15-38(16-14-37)24-5-2-12-35-28(24)29(34)41)6-7-20(23)8-9-21-3-1-4-22-27(21)32(44)39(31(22)43)25-10-11-26(40)36-30(25)42/h1-7,12,17,25H,8-11,13-16,18H2,(H2,34,41)(H,36,40,42). The normalized spacial score (nSPS) is 18.9. The van der Waals surface area contributed by atoms with E-state index in [9.17, 15) is 24.0 Å². The van der Waals surface area contributed by atoms with Crippen molar-refractivity contribution in [2.45, 2.75) is 38.3 Å². The molecule has 3 N–H and O–H groups in total. The molecule has 12 heteroatoms. The first kappa shape index (κ1) is 29.1. The maximum absolute atomic E-state index is 15.2. The number of hydrogen-bond acceptors (Lipinski definition) is 8. The zero-order valence-electron chi connectivity index (χ0n) is 23.9. The highest BCUT2D eigenvalue weighted by molar-refractivity contribution is 6.24. The number of piperidine rings is 1. The van der Waals surface area contributed by atoms with Crippen LogP contribution >= 0.6 is 0 Å². The molecule has 1 aromatic heterocycles. The van der Waals surface area contributed by atoms with Crippen LogP contribution in [0, 0.1) is 5.82 Å². The molecule has 2 fully saturated rings. The largest absolute Gasteiger partial charge is 0.367 e. The Labute approximate surface area is 252 Å². The number of anilines is 1. The number of amides is 5. The molecule has 226 valence electrons. The summed E-state index contributed by atoms with van der Waals surface area (Å²) >= 11 is 0. The highest BCUT2D eigenvalue weighted by atomic mass is 19.1. The lowest BCUT2D eigenvalue weighted by Gasteiger charge is -2.36. The molecule has 0 radical (unpaired) electrons. The third-order valence-corrected chi connectivity index (χ3v) is 8.47.